The van der Waals surface area contributed by atoms with E-state index in [1.54, 1.807) is 18.2 Å². The maximum absolute atomic E-state index is 13.5. The highest BCUT2D eigenvalue weighted by molar-refractivity contribution is 9.10. The average Bonchev–Trinajstić information content (AvgIpc) is 2.18. The topological polar surface area (TPSA) is 52.0 Å². The lowest BCUT2D eigenvalue weighted by molar-refractivity contribution is 0.549. The highest BCUT2D eigenvalue weighted by Crippen LogP contribution is 2.24. The lowest BCUT2D eigenvalue weighted by Crippen LogP contribution is -2.14. The second-order valence-corrected chi connectivity index (χ2v) is 4.03. The summed E-state index contributed by atoms with van der Waals surface area (Å²) in [6, 6.07) is 4.89. The quantitative estimate of drug-likeness (QED) is 0.898. The molecule has 0 saturated heterocycles. The number of rotatable bonds is 4. The second kappa shape index (κ2) is 7.17. The van der Waals surface area contributed by atoms with Crippen molar-refractivity contribution in [2.45, 2.75) is 18.9 Å². The largest absolute Gasteiger partial charge is 0.330 e. The van der Waals surface area contributed by atoms with E-state index >= 15 is 0 Å². The fraction of sp³-hybridized carbons (Fsp3) is 0.400. The third-order valence-corrected chi connectivity index (χ3v) is 2.71. The Morgan fingerprint density at radius 3 is 2.67 bits per heavy atom. The van der Waals surface area contributed by atoms with Crippen molar-refractivity contribution < 1.29 is 4.39 Å². The highest BCUT2D eigenvalue weighted by Gasteiger charge is 2.12. The molecule has 0 heterocycles. The van der Waals surface area contributed by atoms with Gasteiger partial charge in [0.15, 0.2) is 0 Å². The van der Waals surface area contributed by atoms with Crippen LogP contribution in [0, 0.1) is 5.82 Å². The zero-order chi connectivity index (χ0) is 10.6. The molecule has 2 nitrogen and oxygen atoms in total. The van der Waals surface area contributed by atoms with Crippen molar-refractivity contribution in [3.8, 4) is 0 Å². The van der Waals surface area contributed by atoms with Gasteiger partial charge in [0, 0.05) is 11.6 Å². The molecule has 86 valence electrons. The molecule has 4 N–H and O–H groups in total. The fourth-order valence-corrected chi connectivity index (χ4v) is 1.68. The van der Waals surface area contributed by atoms with Crippen molar-refractivity contribution in [1.82, 2.24) is 0 Å². The number of hydrogen-bond acceptors (Lipinski definition) is 2. The van der Waals surface area contributed by atoms with Gasteiger partial charge in [0.05, 0.1) is 4.47 Å². The first-order valence-electron chi connectivity index (χ1n) is 4.56. The van der Waals surface area contributed by atoms with Crippen LogP contribution in [0.5, 0.6) is 0 Å². The molecule has 0 aromatic heterocycles. The van der Waals surface area contributed by atoms with Gasteiger partial charge in [0.1, 0.15) is 5.82 Å². The average molecular weight is 298 g/mol. The zero-order valence-electron chi connectivity index (χ0n) is 8.25. The van der Waals surface area contributed by atoms with Crippen LogP contribution in [0.15, 0.2) is 22.7 Å². The Balaban J connectivity index is 0.00000196. The van der Waals surface area contributed by atoms with Crippen LogP contribution in [0.25, 0.3) is 0 Å². The maximum Gasteiger partial charge on any atom is 0.142 e. The summed E-state index contributed by atoms with van der Waals surface area (Å²) in [4.78, 5) is 0. The van der Waals surface area contributed by atoms with E-state index in [9.17, 15) is 4.39 Å². The van der Waals surface area contributed by atoms with Crippen molar-refractivity contribution in [2.75, 3.05) is 6.54 Å². The molecule has 0 spiro atoms. The number of halogens is 3. The van der Waals surface area contributed by atoms with Crippen molar-refractivity contribution in [3.05, 3.63) is 34.1 Å². The second-order valence-electron chi connectivity index (χ2n) is 3.18. The van der Waals surface area contributed by atoms with E-state index in [2.05, 4.69) is 15.9 Å². The maximum atomic E-state index is 13.5. The van der Waals surface area contributed by atoms with Crippen molar-refractivity contribution >= 4 is 28.3 Å². The molecular formula is C10H15BrClFN2. The standard InChI is InChI=1S/C10H14BrFN2.ClH/c11-8-4-1-3-7(10(8)12)9(14)5-2-6-13;/h1,3-4,9H,2,5-6,13-14H2;1H/t9-;/m1./s1. The van der Waals surface area contributed by atoms with Gasteiger partial charge in [-0.25, -0.2) is 4.39 Å². The lowest BCUT2D eigenvalue weighted by atomic mass is 10.0. The van der Waals surface area contributed by atoms with E-state index in [1.165, 1.54) is 0 Å². The molecule has 1 aromatic carbocycles. The molecule has 0 fully saturated rings. The van der Waals surface area contributed by atoms with E-state index in [0.717, 1.165) is 6.42 Å². The molecule has 1 aromatic rings. The predicted octanol–water partition coefficient (Wildman–Crippen LogP) is 2.75. The van der Waals surface area contributed by atoms with Gasteiger partial charge in [-0.2, -0.15) is 0 Å². The summed E-state index contributed by atoms with van der Waals surface area (Å²) in [5, 5.41) is 0. The minimum absolute atomic E-state index is 0. The van der Waals surface area contributed by atoms with E-state index in [4.69, 9.17) is 11.5 Å². The molecule has 0 aliphatic heterocycles. The first-order valence-corrected chi connectivity index (χ1v) is 5.35. The monoisotopic (exact) mass is 296 g/mol. The SMILES string of the molecule is Cl.NCCC[C@@H](N)c1cccc(Br)c1F. The summed E-state index contributed by atoms with van der Waals surface area (Å²) < 4.78 is 14.0. The van der Waals surface area contributed by atoms with Gasteiger partial charge in [0.25, 0.3) is 0 Å². The Labute approximate surface area is 104 Å². The molecule has 1 atom stereocenters. The van der Waals surface area contributed by atoms with Crippen LogP contribution in [0.2, 0.25) is 0 Å². The predicted molar refractivity (Wildman–Crippen MR) is 66.6 cm³/mol. The van der Waals surface area contributed by atoms with Crippen LogP contribution in [0.1, 0.15) is 24.4 Å². The molecule has 5 heteroatoms. The Bertz CT molecular complexity index is 309. The van der Waals surface area contributed by atoms with Gasteiger partial charge >= 0.3 is 0 Å². The molecule has 0 saturated carbocycles. The number of nitrogens with two attached hydrogens (primary N) is 2. The van der Waals surface area contributed by atoms with Crippen molar-refractivity contribution in [2.24, 2.45) is 11.5 Å². The van der Waals surface area contributed by atoms with Crippen LogP contribution in [-0.2, 0) is 0 Å². The third-order valence-electron chi connectivity index (χ3n) is 2.10. The van der Waals surface area contributed by atoms with Crippen LogP contribution >= 0.6 is 28.3 Å². The fourth-order valence-electron chi connectivity index (χ4n) is 1.30. The lowest BCUT2D eigenvalue weighted by Gasteiger charge is -2.12. The summed E-state index contributed by atoms with van der Waals surface area (Å²) in [6.45, 7) is 0.587. The molecule has 0 unspecified atom stereocenters. The Morgan fingerprint density at radius 1 is 1.40 bits per heavy atom. The number of benzene rings is 1. The highest BCUT2D eigenvalue weighted by atomic mass is 79.9. The molecule has 0 aliphatic carbocycles. The Hall–Kier alpha value is -0.160. The van der Waals surface area contributed by atoms with Crippen LogP contribution in [0.4, 0.5) is 4.39 Å². The first kappa shape index (κ1) is 14.8. The van der Waals surface area contributed by atoms with Gasteiger partial charge in [0.2, 0.25) is 0 Å². The van der Waals surface area contributed by atoms with Gasteiger partial charge in [-0.05, 0) is 41.4 Å². The molecule has 0 amide bonds. The van der Waals surface area contributed by atoms with E-state index in [1.807, 2.05) is 0 Å². The normalized spacial score (nSPS) is 12.0. The minimum atomic E-state index is -0.268. The van der Waals surface area contributed by atoms with E-state index in [-0.39, 0.29) is 24.3 Å². The summed E-state index contributed by atoms with van der Waals surface area (Å²) in [7, 11) is 0. The molecule has 0 radical (unpaired) electrons. The van der Waals surface area contributed by atoms with Crippen LogP contribution in [-0.4, -0.2) is 6.54 Å². The number of hydrogen-bond donors (Lipinski definition) is 2. The van der Waals surface area contributed by atoms with Gasteiger partial charge in [-0.1, -0.05) is 12.1 Å². The van der Waals surface area contributed by atoms with Crippen LogP contribution < -0.4 is 11.5 Å². The molecule has 15 heavy (non-hydrogen) atoms. The van der Waals surface area contributed by atoms with E-state index in [0.29, 0.717) is 23.0 Å². The smallest absolute Gasteiger partial charge is 0.142 e. The Kier molecular flexibility index (Phi) is 7.09. The summed E-state index contributed by atoms with van der Waals surface area (Å²) in [5.41, 5.74) is 11.7. The van der Waals surface area contributed by atoms with Crippen molar-refractivity contribution in [3.63, 3.8) is 0 Å². The van der Waals surface area contributed by atoms with Gasteiger partial charge < -0.3 is 11.5 Å². The summed E-state index contributed by atoms with van der Waals surface area (Å²) in [5.74, 6) is -0.267. The molecule has 0 bridgehead atoms. The molecular weight excluding hydrogens is 282 g/mol. The van der Waals surface area contributed by atoms with Gasteiger partial charge in [-0.15, -0.1) is 12.4 Å². The minimum Gasteiger partial charge on any atom is -0.330 e. The summed E-state index contributed by atoms with van der Waals surface area (Å²) in [6.07, 6.45) is 1.52. The third kappa shape index (κ3) is 4.07. The zero-order valence-corrected chi connectivity index (χ0v) is 10.7. The molecule has 0 aliphatic rings. The van der Waals surface area contributed by atoms with Crippen molar-refractivity contribution in [1.29, 1.82) is 0 Å². The summed E-state index contributed by atoms with van der Waals surface area (Å²) >= 11 is 3.13. The van der Waals surface area contributed by atoms with Crippen LogP contribution in [0.3, 0.4) is 0 Å². The van der Waals surface area contributed by atoms with E-state index < -0.39 is 0 Å². The Morgan fingerprint density at radius 2 is 2.07 bits per heavy atom. The molecule has 1 rings (SSSR count). The van der Waals surface area contributed by atoms with Gasteiger partial charge in [-0.3, -0.25) is 0 Å². The first-order chi connectivity index (χ1) is 6.66.